The van der Waals surface area contributed by atoms with E-state index in [2.05, 4.69) is 20.5 Å². The number of aromatic nitrogens is 3. The van der Waals surface area contributed by atoms with Crippen molar-refractivity contribution in [2.75, 3.05) is 0 Å². The molecular formula is C20H20N4O. The van der Waals surface area contributed by atoms with Crippen LogP contribution >= 0.6 is 0 Å². The number of nitrogens with one attached hydrogen (secondary N) is 2. The second kappa shape index (κ2) is 6.89. The average Bonchev–Trinajstić information content (AvgIpc) is 3.11. The van der Waals surface area contributed by atoms with Crippen molar-refractivity contribution in [1.29, 1.82) is 0 Å². The Morgan fingerprint density at radius 2 is 1.84 bits per heavy atom. The topological polar surface area (TPSA) is 70.7 Å². The molecule has 1 atom stereocenters. The fourth-order valence-electron chi connectivity index (χ4n) is 3.42. The lowest BCUT2D eigenvalue weighted by atomic mass is 9.95. The van der Waals surface area contributed by atoms with Crippen LogP contribution in [0.25, 0.3) is 0 Å². The number of H-pyrrole nitrogens is 1. The number of nitrogens with zero attached hydrogens (tertiary/aromatic N) is 2. The highest BCUT2D eigenvalue weighted by molar-refractivity contribution is 5.94. The Kier molecular flexibility index (Phi) is 4.29. The summed E-state index contributed by atoms with van der Waals surface area (Å²) in [4.78, 5) is 17.1. The molecule has 0 saturated heterocycles. The molecule has 25 heavy (non-hydrogen) atoms. The molecule has 1 aliphatic carbocycles. The molecule has 0 spiro atoms. The number of aryl methyl sites for hydroxylation is 1. The second-order valence-electron chi connectivity index (χ2n) is 6.34. The highest BCUT2D eigenvalue weighted by atomic mass is 16.2. The molecule has 0 saturated carbocycles. The van der Waals surface area contributed by atoms with Crippen molar-refractivity contribution in [2.45, 2.75) is 31.7 Å². The van der Waals surface area contributed by atoms with Crippen molar-refractivity contribution in [3.8, 4) is 0 Å². The number of carbonyl (C=O) groups excluding carboxylic acids is 1. The van der Waals surface area contributed by atoms with Crippen molar-refractivity contribution in [1.82, 2.24) is 20.5 Å². The molecule has 2 N–H and O–H groups in total. The van der Waals surface area contributed by atoms with E-state index in [-0.39, 0.29) is 11.9 Å². The fraction of sp³-hybridized carbons (Fsp3) is 0.250. The lowest BCUT2D eigenvalue weighted by Gasteiger charge is -2.19. The number of benzene rings is 1. The van der Waals surface area contributed by atoms with E-state index in [4.69, 9.17) is 0 Å². The van der Waals surface area contributed by atoms with E-state index < -0.39 is 0 Å². The zero-order valence-electron chi connectivity index (χ0n) is 13.9. The van der Waals surface area contributed by atoms with Gasteiger partial charge in [-0.15, -0.1) is 0 Å². The number of rotatable bonds is 4. The molecule has 0 bridgehead atoms. The standard InChI is InChI=1S/C20H20N4O/c25-20(19-16-10-4-5-11-17(16)23-24-19)22-18(14-7-2-1-3-8-14)15-9-6-12-21-13-15/h1-3,6-9,12-13,18H,4-5,10-11H2,(H,22,25)(H,23,24). The molecule has 2 heterocycles. The van der Waals surface area contributed by atoms with Crippen molar-refractivity contribution in [2.24, 2.45) is 0 Å². The van der Waals surface area contributed by atoms with Gasteiger partial charge >= 0.3 is 0 Å². The zero-order chi connectivity index (χ0) is 17.1. The van der Waals surface area contributed by atoms with Gasteiger partial charge in [-0.3, -0.25) is 14.9 Å². The van der Waals surface area contributed by atoms with Crippen LogP contribution in [-0.2, 0) is 12.8 Å². The quantitative estimate of drug-likeness (QED) is 0.771. The average molecular weight is 332 g/mol. The molecule has 3 aromatic rings. The van der Waals surface area contributed by atoms with Gasteiger partial charge in [0, 0.05) is 23.7 Å². The van der Waals surface area contributed by atoms with Crippen molar-refractivity contribution < 1.29 is 4.79 Å². The molecule has 2 aromatic heterocycles. The molecular weight excluding hydrogens is 312 g/mol. The smallest absolute Gasteiger partial charge is 0.272 e. The number of hydrogen-bond donors (Lipinski definition) is 2. The van der Waals surface area contributed by atoms with E-state index in [0.29, 0.717) is 5.69 Å². The first kappa shape index (κ1) is 15.6. The van der Waals surface area contributed by atoms with Crippen LogP contribution in [0.1, 0.15) is 51.8 Å². The second-order valence-corrected chi connectivity index (χ2v) is 6.34. The number of hydrogen-bond acceptors (Lipinski definition) is 3. The normalized spacial score (nSPS) is 14.6. The summed E-state index contributed by atoms with van der Waals surface area (Å²) in [7, 11) is 0. The van der Waals surface area contributed by atoms with Crippen molar-refractivity contribution >= 4 is 5.91 Å². The molecule has 0 fully saturated rings. The summed E-state index contributed by atoms with van der Waals surface area (Å²) < 4.78 is 0. The largest absolute Gasteiger partial charge is 0.340 e. The first-order valence-corrected chi connectivity index (χ1v) is 8.65. The maximum Gasteiger partial charge on any atom is 0.272 e. The zero-order valence-corrected chi connectivity index (χ0v) is 13.9. The first-order valence-electron chi connectivity index (χ1n) is 8.65. The number of pyridine rings is 1. The number of fused-ring (bicyclic) bond motifs is 1. The Morgan fingerprint density at radius 1 is 1.04 bits per heavy atom. The Labute approximate surface area is 146 Å². The van der Waals surface area contributed by atoms with Gasteiger partial charge in [0.1, 0.15) is 0 Å². The number of carbonyl (C=O) groups is 1. The van der Waals surface area contributed by atoms with Gasteiger partial charge in [-0.05, 0) is 42.9 Å². The predicted octanol–water partition coefficient (Wildman–Crippen LogP) is 3.20. The van der Waals surface area contributed by atoms with Gasteiger partial charge < -0.3 is 5.32 Å². The molecule has 5 nitrogen and oxygen atoms in total. The van der Waals surface area contributed by atoms with E-state index in [0.717, 1.165) is 48.1 Å². The van der Waals surface area contributed by atoms with E-state index in [1.807, 2.05) is 42.5 Å². The van der Waals surface area contributed by atoms with Crippen molar-refractivity contribution in [3.05, 3.63) is 82.9 Å². The summed E-state index contributed by atoms with van der Waals surface area (Å²) in [6.07, 6.45) is 7.67. The SMILES string of the molecule is O=C(NC(c1ccccc1)c1cccnc1)c1n[nH]c2c1CCCC2. The van der Waals surface area contributed by atoms with Crippen LogP contribution in [0.3, 0.4) is 0 Å². The highest BCUT2D eigenvalue weighted by Crippen LogP contribution is 2.25. The minimum atomic E-state index is -0.252. The summed E-state index contributed by atoms with van der Waals surface area (Å²) in [5.41, 5.74) is 4.68. The maximum atomic E-state index is 12.9. The third-order valence-corrected chi connectivity index (χ3v) is 4.70. The third kappa shape index (κ3) is 3.18. The molecule has 0 radical (unpaired) electrons. The summed E-state index contributed by atoms with van der Waals surface area (Å²) in [6.45, 7) is 0. The molecule has 126 valence electrons. The van der Waals surface area contributed by atoms with Crippen LogP contribution in [0.2, 0.25) is 0 Å². The van der Waals surface area contributed by atoms with Crippen LogP contribution in [0.15, 0.2) is 54.9 Å². The minimum Gasteiger partial charge on any atom is -0.340 e. The highest BCUT2D eigenvalue weighted by Gasteiger charge is 2.24. The number of amides is 1. The van der Waals surface area contributed by atoms with Crippen LogP contribution in [0.5, 0.6) is 0 Å². The summed E-state index contributed by atoms with van der Waals surface area (Å²) >= 11 is 0. The molecule has 4 rings (SSSR count). The first-order chi connectivity index (χ1) is 12.3. The van der Waals surface area contributed by atoms with Crippen LogP contribution < -0.4 is 5.32 Å². The lowest BCUT2D eigenvalue weighted by Crippen LogP contribution is -2.30. The molecule has 1 aromatic carbocycles. The monoisotopic (exact) mass is 332 g/mol. The minimum absolute atomic E-state index is 0.142. The predicted molar refractivity (Wildman–Crippen MR) is 95.2 cm³/mol. The van der Waals surface area contributed by atoms with Crippen LogP contribution in [0.4, 0.5) is 0 Å². The Morgan fingerprint density at radius 3 is 2.64 bits per heavy atom. The summed E-state index contributed by atoms with van der Waals surface area (Å²) in [6, 6.07) is 13.5. The Balaban J connectivity index is 1.65. The summed E-state index contributed by atoms with van der Waals surface area (Å²) in [5.74, 6) is -0.142. The molecule has 1 amide bonds. The van der Waals surface area contributed by atoms with E-state index in [9.17, 15) is 4.79 Å². The Bertz CT molecular complexity index is 818. The summed E-state index contributed by atoms with van der Waals surface area (Å²) in [5, 5.41) is 10.5. The van der Waals surface area contributed by atoms with Crippen molar-refractivity contribution in [3.63, 3.8) is 0 Å². The molecule has 1 unspecified atom stereocenters. The molecule has 0 aliphatic heterocycles. The van der Waals surface area contributed by atoms with Gasteiger partial charge in [0.25, 0.3) is 5.91 Å². The lowest BCUT2D eigenvalue weighted by molar-refractivity contribution is 0.0937. The van der Waals surface area contributed by atoms with Gasteiger partial charge in [-0.2, -0.15) is 5.10 Å². The van der Waals surface area contributed by atoms with Gasteiger partial charge in [0.2, 0.25) is 0 Å². The molecule has 5 heteroatoms. The van der Waals surface area contributed by atoms with Gasteiger partial charge in [0.05, 0.1) is 6.04 Å². The van der Waals surface area contributed by atoms with E-state index in [1.165, 1.54) is 0 Å². The third-order valence-electron chi connectivity index (χ3n) is 4.70. The maximum absolute atomic E-state index is 12.9. The Hall–Kier alpha value is -2.95. The van der Waals surface area contributed by atoms with E-state index >= 15 is 0 Å². The van der Waals surface area contributed by atoms with Gasteiger partial charge in [-0.1, -0.05) is 36.4 Å². The molecule has 1 aliphatic rings. The van der Waals surface area contributed by atoms with Gasteiger partial charge in [-0.25, -0.2) is 0 Å². The fourth-order valence-corrected chi connectivity index (χ4v) is 3.42. The van der Waals surface area contributed by atoms with Crippen LogP contribution in [-0.4, -0.2) is 21.1 Å². The van der Waals surface area contributed by atoms with E-state index in [1.54, 1.807) is 12.4 Å². The van der Waals surface area contributed by atoms with Gasteiger partial charge in [0.15, 0.2) is 5.69 Å². The number of aromatic amines is 1. The van der Waals surface area contributed by atoms with Crippen LogP contribution in [0, 0.1) is 0 Å².